The maximum absolute atomic E-state index is 12.5. The van der Waals surface area contributed by atoms with Crippen LogP contribution in [0.2, 0.25) is 0 Å². The van der Waals surface area contributed by atoms with Gasteiger partial charge in [0, 0.05) is 39.3 Å². The molecule has 1 N–H and O–H groups in total. The molecular weight excluding hydrogens is 320 g/mol. The van der Waals surface area contributed by atoms with Crippen LogP contribution in [0.5, 0.6) is 5.75 Å². The Morgan fingerprint density at radius 3 is 2.44 bits per heavy atom. The highest BCUT2D eigenvalue weighted by atomic mass is 16.5. The summed E-state index contributed by atoms with van der Waals surface area (Å²) >= 11 is 0. The van der Waals surface area contributed by atoms with E-state index in [1.807, 2.05) is 31.2 Å². The van der Waals surface area contributed by atoms with Crippen LogP contribution in [0.3, 0.4) is 0 Å². The lowest BCUT2D eigenvalue weighted by Crippen LogP contribution is -2.50. The van der Waals surface area contributed by atoms with Gasteiger partial charge in [-0.1, -0.05) is 6.07 Å². The fourth-order valence-corrected chi connectivity index (χ4v) is 2.62. The third-order valence-electron chi connectivity index (χ3n) is 4.09. The lowest BCUT2D eigenvalue weighted by Gasteiger charge is -2.34. The predicted octanol–water partition coefficient (Wildman–Crippen LogP) is 1.51. The van der Waals surface area contributed by atoms with E-state index in [4.69, 9.17) is 4.74 Å². The van der Waals surface area contributed by atoms with Crippen molar-refractivity contribution in [3.63, 3.8) is 0 Å². The summed E-state index contributed by atoms with van der Waals surface area (Å²) in [6.07, 6.45) is 1.40. The Hall–Kier alpha value is -3.01. The van der Waals surface area contributed by atoms with Gasteiger partial charge in [0.25, 0.3) is 5.91 Å². The molecule has 2 amide bonds. The minimum Gasteiger partial charge on any atom is -0.495 e. The number of piperazine rings is 1. The van der Waals surface area contributed by atoms with Gasteiger partial charge in [-0.2, -0.15) is 5.26 Å². The first-order valence-corrected chi connectivity index (χ1v) is 8.02. The molecule has 1 aromatic carbocycles. The van der Waals surface area contributed by atoms with Crippen LogP contribution in [0.25, 0.3) is 0 Å². The normalized spacial score (nSPS) is 14.7. The first kappa shape index (κ1) is 18.3. The molecular formula is C18H22N4O3. The SMILES string of the molecule is COc1ccc(C)cc1N/C=C(/C#N)C(=O)N1CCN(C(C)=O)CC1. The van der Waals surface area contributed by atoms with Gasteiger partial charge >= 0.3 is 0 Å². The van der Waals surface area contributed by atoms with Crippen molar-refractivity contribution < 1.29 is 14.3 Å². The number of hydrogen-bond acceptors (Lipinski definition) is 5. The molecule has 0 bridgehead atoms. The third kappa shape index (κ3) is 4.51. The molecule has 132 valence electrons. The zero-order valence-electron chi connectivity index (χ0n) is 14.7. The number of ether oxygens (including phenoxy) is 1. The molecule has 1 aliphatic rings. The van der Waals surface area contributed by atoms with Gasteiger partial charge in [0.15, 0.2) is 0 Å². The number of nitrogens with one attached hydrogen (secondary N) is 1. The molecule has 0 saturated carbocycles. The second-order valence-electron chi connectivity index (χ2n) is 5.82. The molecule has 25 heavy (non-hydrogen) atoms. The molecule has 1 heterocycles. The van der Waals surface area contributed by atoms with Crippen LogP contribution in [0.15, 0.2) is 30.0 Å². The Balaban J connectivity index is 2.08. The molecule has 7 nitrogen and oxygen atoms in total. The van der Waals surface area contributed by atoms with Crippen LogP contribution < -0.4 is 10.1 Å². The molecule has 1 saturated heterocycles. The molecule has 1 aromatic rings. The first-order valence-electron chi connectivity index (χ1n) is 8.02. The van der Waals surface area contributed by atoms with E-state index in [-0.39, 0.29) is 17.4 Å². The molecule has 0 aliphatic carbocycles. The van der Waals surface area contributed by atoms with Crippen molar-refractivity contribution >= 4 is 17.5 Å². The maximum atomic E-state index is 12.5. The summed E-state index contributed by atoms with van der Waals surface area (Å²) in [5.74, 6) is 0.280. The van der Waals surface area contributed by atoms with Crippen molar-refractivity contribution in [2.45, 2.75) is 13.8 Å². The number of methoxy groups -OCH3 is 1. The second kappa shape index (κ2) is 8.20. The number of carbonyl (C=O) groups excluding carboxylic acids is 2. The Labute approximate surface area is 147 Å². The van der Waals surface area contributed by atoms with Crippen LogP contribution in [-0.2, 0) is 9.59 Å². The average molecular weight is 342 g/mol. The molecule has 2 rings (SSSR count). The molecule has 0 atom stereocenters. The number of carbonyl (C=O) groups is 2. The number of amides is 2. The van der Waals surface area contributed by atoms with E-state index in [1.54, 1.807) is 16.9 Å². The van der Waals surface area contributed by atoms with Gasteiger partial charge in [0.2, 0.25) is 5.91 Å². The summed E-state index contributed by atoms with van der Waals surface area (Å²) in [4.78, 5) is 27.1. The van der Waals surface area contributed by atoms with Gasteiger partial charge < -0.3 is 19.9 Å². The van der Waals surface area contributed by atoms with Crippen molar-refractivity contribution in [1.29, 1.82) is 5.26 Å². The van der Waals surface area contributed by atoms with Crippen LogP contribution in [0.1, 0.15) is 12.5 Å². The van der Waals surface area contributed by atoms with Gasteiger partial charge in [-0.3, -0.25) is 9.59 Å². The summed E-state index contributed by atoms with van der Waals surface area (Å²) in [6, 6.07) is 7.55. The van der Waals surface area contributed by atoms with E-state index in [0.29, 0.717) is 37.6 Å². The smallest absolute Gasteiger partial charge is 0.266 e. The Morgan fingerprint density at radius 2 is 1.88 bits per heavy atom. The van der Waals surface area contributed by atoms with E-state index in [0.717, 1.165) is 5.56 Å². The van der Waals surface area contributed by atoms with E-state index in [9.17, 15) is 14.9 Å². The molecule has 0 aromatic heterocycles. The zero-order chi connectivity index (χ0) is 18.4. The maximum Gasteiger partial charge on any atom is 0.266 e. The zero-order valence-corrected chi connectivity index (χ0v) is 14.7. The number of nitrogens with zero attached hydrogens (tertiary/aromatic N) is 3. The van der Waals surface area contributed by atoms with Crippen molar-refractivity contribution in [2.75, 3.05) is 38.6 Å². The number of rotatable bonds is 4. The lowest BCUT2D eigenvalue weighted by atomic mass is 10.2. The lowest BCUT2D eigenvalue weighted by molar-refractivity contribution is -0.136. The van der Waals surface area contributed by atoms with Crippen molar-refractivity contribution in [2.24, 2.45) is 0 Å². The number of aryl methyl sites for hydroxylation is 1. The highest BCUT2D eigenvalue weighted by Crippen LogP contribution is 2.25. The van der Waals surface area contributed by atoms with Gasteiger partial charge in [-0.25, -0.2) is 0 Å². The standard InChI is InChI=1S/C18H22N4O3/c1-13-4-5-17(25-3)16(10-13)20-12-15(11-19)18(24)22-8-6-21(7-9-22)14(2)23/h4-5,10,12,20H,6-9H2,1-3H3/b15-12-. The van der Waals surface area contributed by atoms with Crippen LogP contribution >= 0.6 is 0 Å². The van der Waals surface area contributed by atoms with Crippen LogP contribution in [-0.4, -0.2) is 54.9 Å². The van der Waals surface area contributed by atoms with E-state index >= 15 is 0 Å². The molecule has 1 aliphatic heterocycles. The molecule has 0 unspecified atom stereocenters. The molecule has 7 heteroatoms. The van der Waals surface area contributed by atoms with Gasteiger partial charge in [0.05, 0.1) is 12.8 Å². The second-order valence-corrected chi connectivity index (χ2v) is 5.82. The van der Waals surface area contributed by atoms with Crippen molar-refractivity contribution in [3.05, 3.63) is 35.5 Å². The van der Waals surface area contributed by atoms with Crippen molar-refractivity contribution in [3.8, 4) is 11.8 Å². The van der Waals surface area contributed by atoms with Crippen molar-refractivity contribution in [1.82, 2.24) is 9.80 Å². The number of hydrogen-bond donors (Lipinski definition) is 1. The minimum absolute atomic E-state index is 0.00337. The third-order valence-corrected chi connectivity index (χ3v) is 4.09. The average Bonchev–Trinajstić information content (AvgIpc) is 2.62. The van der Waals surface area contributed by atoms with E-state index in [1.165, 1.54) is 13.1 Å². The Bertz CT molecular complexity index is 728. The Kier molecular flexibility index (Phi) is 6.01. The first-order chi connectivity index (χ1) is 12.0. The fourth-order valence-electron chi connectivity index (χ4n) is 2.62. The number of benzene rings is 1. The Morgan fingerprint density at radius 1 is 1.24 bits per heavy atom. The monoisotopic (exact) mass is 342 g/mol. The molecule has 0 radical (unpaired) electrons. The summed E-state index contributed by atoms with van der Waals surface area (Å²) in [6.45, 7) is 5.27. The minimum atomic E-state index is -0.343. The number of anilines is 1. The van der Waals surface area contributed by atoms with Crippen LogP contribution in [0, 0.1) is 18.3 Å². The molecule has 1 fully saturated rings. The summed E-state index contributed by atoms with van der Waals surface area (Å²) in [5, 5.41) is 12.3. The van der Waals surface area contributed by atoms with Gasteiger partial charge in [-0.05, 0) is 24.6 Å². The highest BCUT2D eigenvalue weighted by Gasteiger charge is 2.24. The largest absolute Gasteiger partial charge is 0.495 e. The van der Waals surface area contributed by atoms with Gasteiger partial charge in [-0.15, -0.1) is 0 Å². The summed E-state index contributed by atoms with van der Waals surface area (Å²) in [5.41, 5.74) is 1.73. The van der Waals surface area contributed by atoms with E-state index < -0.39 is 0 Å². The predicted molar refractivity (Wildman–Crippen MR) is 93.9 cm³/mol. The van der Waals surface area contributed by atoms with Crippen LogP contribution in [0.4, 0.5) is 5.69 Å². The van der Waals surface area contributed by atoms with E-state index in [2.05, 4.69) is 5.32 Å². The molecule has 0 spiro atoms. The fraction of sp³-hybridized carbons (Fsp3) is 0.389. The van der Waals surface area contributed by atoms with Gasteiger partial charge in [0.1, 0.15) is 17.4 Å². The summed E-state index contributed by atoms with van der Waals surface area (Å²) in [7, 11) is 1.56. The summed E-state index contributed by atoms with van der Waals surface area (Å²) < 4.78 is 5.27. The number of nitriles is 1. The quantitative estimate of drug-likeness (QED) is 0.662. The topological polar surface area (TPSA) is 85.7 Å². The highest BCUT2D eigenvalue weighted by molar-refractivity contribution is 5.97.